The molecule has 0 bridgehead atoms. The fourth-order valence-corrected chi connectivity index (χ4v) is 3.49. The first kappa shape index (κ1) is 22.7. The van der Waals surface area contributed by atoms with Crippen molar-refractivity contribution >= 4 is 22.6 Å². The van der Waals surface area contributed by atoms with E-state index in [1.165, 1.54) is 4.68 Å². The summed E-state index contributed by atoms with van der Waals surface area (Å²) in [6.07, 6.45) is 0. The molecule has 8 heteroatoms. The Morgan fingerprint density at radius 3 is 2.38 bits per heavy atom. The van der Waals surface area contributed by atoms with Gasteiger partial charge in [-0.3, -0.25) is 25.2 Å². The lowest BCUT2D eigenvalue weighted by molar-refractivity contribution is -0.123. The van der Waals surface area contributed by atoms with E-state index in [1.807, 2.05) is 62.4 Å². The highest BCUT2D eigenvalue weighted by Crippen LogP contribution is 2.19. The van der Waals surface area contributed by atoms with Crippen molar-refractivity contribution in [1.82, 2.24) is 20.6 Å². The van der Waals surface area contributed by atoms with E-state index in [2.05, 4.69) is 16.0 Å². The van der Waals surface area contributed by atoms with Crippen molar-refractivity contribution in [2.75, 3.05) is 6.61 Å². The van der Waals surface area contributed by atoms with Crippen LogP contribution in [0.25, 0.3) is 10.8 Å². The lowest BCUT2D eigenvalue weighted by Crippen LogP contribution is -2.44. The van der Waals surface area contributed by atoms with E-state index in [1.54, 1.807) is 24.3 Å². The molecule has 0 unspecified atom stereocenters. The average Bonchev–Trinajstić information content (AvgIpc) is 2.85. The Morgan fingerprint density at radius 1 is 0.912 bits per heavy atom. The number of hydrazine groups is 1. The number of carbonyl (C=O) groups excluding carboxylic acids is 2. The van der Waals surface area contributed by atoms with Gasteiger partial charge in [0.05, 0.1) is 11.9 Å². The van der Waals surface area contributed by atoms with Crippen LogP contribution in [-0.4, -0.2) is 28.2 Å². The first-order chi connectivity index (χ1) is 16.4. The average molecular weight is 457 g/mol. The minimum atomic E-state index is -0.641. The van der Waals surface area contributed by atoms with Crippen LogP contribution in [-0.2, 0) is 11.3 Å². The zero-order chi connectivity index (χ0) is 24.1. The zero-order valence-corrected chi connectivity index (χ0v) is 18.9. The third-order valence-corrected chi connectivity index (χ3v) is 5.28. The smallest absolute Gasteiger partial charge is 0.290 e. The maximum atomic E-state index is 12.9. The number of aryl methyl sites for hydroxylation is 2. The van der Waals surface area contributed by atoms with Crippen molar-refractivity contribution in [2.45, 2.75) is 20.4 Å². The van der Waals surface area contributed by atoms with E-state index >= 15 is 0 Å². The second-order valence-corrected chi connectivity index (χ2v) is 7.90. The van der Waals surface area contributed by atoms with Gasteiger partial charge in [-0.15, -0.1) is 0 Å². The van der Waals surface area contributed by atoms with Crippen molar-refractivity contribution in [1.29, 1.82) is 0 Å². The van der Waals surface area contributed by atoms with E-state index < -0.39 is 11.8 Å². The monoisotopic (exact) mass is 456 g/mol. The molecule has 0 atom stereocenters. The minimum absolute atomic E-state index is 0.0295. The van der Waals surface area contributed by atoms with Crippen LogP contribution >= 0.6 is 0 Å². The normalized spacial score (nSPS) is 10.6. The molecule has 1 aromatic heterocycles. The topological polar surface area (TPSA) is 102 Å². The highest BCUT2D eigenvalue weighted by molar-refractivity contribution is 6.05. The summed E-state index contributed by atoms with van der Waals surface area (Å²) in [6.45, 7) is 3.75. The van der Waals surface area contributed by atoms with Gasteiger partial charge in [0, 0.05) is 5.39 Å². The van der Waals surface area contributed by atoms with Gasteiger partial charge in [-0.1, -0.05) is 60.7 Å². The molecule has 4 rings (SSSR count). The Balaban J connectivity index is 1.50. The minimum Gasteiger partial charge on any atom is -0.483 e. The van der Waals surface area contributed by atoms with Crippen LogP contribution in [0, 0.1) is 13.8 Å². The molecule has 0 radical (unpaired) electrons. The van der Waals surface area contributed by atoms with Crippen molar-refractivity contribution < 1.29 is 14.3 Å². The number of carbonyl (C=O) groups is 2. The largest absolute Gasteiger partial charge is 0.483 e. The van der Waals surface area contributed by atoms with Gasteiger partial charge in [-0.05, 0) is 42.7 Å². The van der Waals surface area contributed by atoms with Crippen molar-refractivity contribution in [3.63, 3.8) is 0 Å². The molecule has 2 amide bonds. The van der Waals surface area contributed by atoms with Gasteiger partial charge < -0.3 is 4.74 Å². The number of amides is 2. The van der Waals surface area contributed by atoms with Crippen LogP contribution in [0.15, 0.2) is 77.6 Å². The molecule has 3 aromatic carbocycles. The van der Waals surface area contributed by atoms with Gasteiger partial charge in [0.2, 0.25) is 0 Å². The van der Waals surface area contributed by atoms with Crippen molar-refractivity contribution in [3.8, 4) is 5.75 Å². The Morgan fingerprint density at radius 2 is 1.62 bits per heavy atom. The predicted octanol–water partition coefficient (Wildman–Crippen LogP) is 2.90. The standard InChI is InChI=1S/C26H24N4O4/c1-17-12-13-18(2)22(14-17)34-16-23(31)27-28-25(32)24-20-10-6-7-11-21(20)26(33)30(29-24)15-19-8-4-3-5-9-19/h3-14H,15-16H2,1-2H3,(H,27,31)(H,28,32). The van der Waals surface area contributed by atoms with Gasteiger partial charge in [-0.2, -0.15) is 5.10 Å². The predicted molar refractivity (Wildman–Crippen MR) is 129 cm³/mol. The van der Waals surface area contributed by atoms with E-state index in [9.17, 15) is 14.4 Å². The van der Waals surface area contributed by atoms with Crippen LogP contribution in [0.4, 0.5) is 0 Å². The molecule has 1 heterocycles. The quantitative estimate of drug-likeness (QED) is 0.435. The Labute approximate surface area is 196 Å². The number of rotatable bonds is 6. The number of hydrogen-bond donors (Lipinski definition) is 2. The third-order valence-electron chi connectivity index (χ3n) is 5.28. The summed E-state index contributed by atoms with van der Waals surface area (Å²) >= 11 is 0. The summed E-state index contributed by atoms with van der Waals surface area (Å²) in [4.78, 5) is 38.1. The molecule has 2 N–H and O–H groups in total. The van der Waals surface area contributed by atoms with Gasteiger partial charge in [-0.25, -0.2) is 4.68 Å². The zero-order valence-electron chi connectivity index (χ0n) is 18.9. The maximum absolute atomic E-state index is 12.9. The molecule has 0 spiro atoms. The van der Waals surface area contributed by atoms with Gasteiger partial charge in [0.15, 0.2) is 12.3 Å². The fourth-order valence-electron chi connectivity index (χ4n) is 3.49. The summed E-state index contributed by atoms with van der Waals surface area (Å²) in [6, 6.07) is 21.8. The number of fused-ring (bicyclic) bond motifs is 1. The Hall–Kier alpha value is -4.46. The molecule has 0 aliphatic heterocycles. The van der Waals surface area contributed by atoms with Gasteiger partial charge in [0.25, 0.3) is 17.4 Å². The molecule has 172 valence electrons. The molecule has 34 heavy (non-hydrogen) atoms. The lowest BCUT2D eigenvalue weighted by Gasteiger charge is -2.13. The van der Waals surface area contributed by atoms with Crippen LogP contribution in [0.1, 0.15) is 27.2 Å². The van der Waals surface area contributed by atoms with Crippen LogP contribution in [0.3, 0.4) is 0 Å². The first-order valence-corrected chi connectivity index (χ1v) is 10.8. The molecule has 4 aromatic rings. The Bertz CT molecular complexity index is 1410. The number of aromatic nitrogens is 2. The number of nitrogens with zero attached hydrogens (tertiary/aromatic N) is 2. The summed E-state index contributed by atoms with van der Waals surface area (Å²) in [5, 5.41) is 5.06. The van der Waals surface area contributed by atoms with E-state index in [-0.39, 0.29) is 24.4 Å². The maximum Gasteiger partial charge on any atom is 0.290 e. The van der Waals surface area contributed by atoms with Gasteiger partial charge in [0.1, 0.15) is 5.75 Å². The highest BCUT2D eigenvalue weighted by Gasteiger charge is 2.17. The SMILES string of the molecule is Cc1ccc(C)c(OCC(=O)NNC(=O)c2nn(Cc3ccccc3)c(=O)c3ccccc23)c1. The van der Waals surface area contributed by atoms with Crippen molar-refractivity contribution in [2.24, 2.45) is 0 Å². The summed E-state index contributed by atoms with van der Waals surface area (Å²) < 4.78 is 6.81. The number of benzene rings is 3. The second-order valence-electron chi connectivity index (χ2n) is 7.90. The molecule has 0 saturated carbocycles. The van der Waals surface area contributed by atoms with E-state index in [0.717, 1.165) is 16.7 Å². The molecule has 8 nitrogen and oxygen atoms in total. The molecule has 0 aliphatic carbocycles. The lowest BCUT2D eigenvalue weighted by atomic mass is 10.1. The third kappa shape index (κ3) is 5.12. The van der Waals surface area contributed by atoms with Crippen LogP contribution in [0.2, 0.25) is 0 Å². The van der Waals surface area contributed by atoms with E-state index in [4.69, 9.17) is 4.74 Å². The first-order valence-electron chi connectivity index (χ1n) is 10.8. The Kier molecular flexibility index (Phi) is 6.68. The number of ether oxygens (including phenoxy) is 1. The summed E-state index contributed by atoms with van der Waals surface area (Å²) in [5.74, 6) is -0.573. The van der Waals surface area contributed by atoms with E-state index in [0.29, 0.717) is 16.5 Å². The second kappa shape index (κ2) is 9.99. The molecule has 0 saturated heterocycles. The summed E-state index contributed by atoms with van der Waals surface area (Å²) in [5.41, 5.74) is 7.22. The van der Waals surface area contributed by atoms with Crippen LogP contribution < -0.4 is 21.1 Å². The summed E-state index contributed by atoms with van der Waals surface area (Å²) in [7, 11) is 0. The molecule has 0 aliphatic rings. The molecular formula is C26H24N4O4. The molecular weight excluding hydrogens is 432 g/mol. The number of nitrogens with one attached hydrogen (secondary N) is 2. The fraction of sp³-hybridized carbons (Fsp3) is 0.154. The van der Waals surface area contributed by atoms with Gasteiger partial charge >= 0.3 is 0 Å². The highest BCUT2D eigenvalue weighted by atomic mass is 16.5. The number of hydrogen-bond acceptors (Lipinski definition) is 5. The van der Waals surface area contributed by atoms with Crippen molar-refractivity contribution in [3.05, 3.63) is 106 Å². The van der Waals surface area contributed by atoms with Crippen LogP contribution in [0.5, 0.6) is 5.75 Å². The molecule has 0 fully saturated rings.